The van der Waals surface area contributed by atoms with Gasteiger partial charge in [0.15, 0.2) is 11.7 Å². The molecule has 0 bridgehead atoms. The zero-order valence-electron chi connectivity index (χ0n) is 21.9. The fourth-order valence-electron chi connectivity index (χ4n) is 5.00. The lowest BCUT2D eigenvalue weighted by atomic mass is 10.0. The highest BCUT2D eigenvalue weighted by atomic mass is 35.5. The van der Waals surface area contributed by atoms with Crippen LogP contribution in [0.4, 0.5) is 11.4 Å². The van der Waals surface area contributed by atoms with E-state index in [4.69, 9.17) is 28.6 Å². The number of hydrogen-bond acceptors (Lipinski definition) is 4. The number of anilines is 2. The molecule has 0 radical (unpaired) electrons. The summed E-state index contributed by atoms with van der Waals surface area (Å²) in [6.07, 6.45) is 3.81. The molecule has 3 aromatic carbocycles. The van der Waals surface area contributed by atoms with Crippen molar-refractivity contribution in [1.29, 1.82) is 0 Å². The largest absolute Gasteiger partial charge is 0.484 e. The van der Waals surface area contributed by atoms with E-state index in [1.165, 1.54) is 0 Å². The van der Waals surface area contributed by atoms with Crippen LogP contribution in [0.2, 0.25) is 5.02 Å². The van der Waals surface area contributed by atoms with Crippen molar-refractivity contribution in [2.24, 2.45) is 0 Å². The Hall–Kier alpha value is -4.66. The van der Waals surface area contributed by atoms with Crippen molar-refractivity contribution in [3.05, 3.63) is 138 Å². The minimum Gasteiger partial charge on any atom is -0.484 e. The predicted molar refractivity (Wildman–Crippen MR) is 166 cm³/mol. The molecule has 1 aliphatic heterocycles. The molecule has 7 nitrogen and oxygen atoms in total. The van der Waals surface area contributed by atoms with Crippen molar-refractivity contribution in [2.45, 2.75) is 12.1 Å². The molecule has 0 spiro atoms. The lowest BCUT2D eigenvalue weighted by Crippen LogP contribution is -2.30. The third-order valence-corrected chi connectivity index (χ3v) is 7.36. The van der Waals surface area contributed by atoms with E-state index in [1.807, 2.05) is 109 Å². The standard InChI is InChI=1S/C32H26ClN5O2S/c33-22-8-6-9-25(20-22)37-19-7-13-28(37)31-30(27-12-4-5-18-34-27)36-32(41)38(31)24-16-14-23(15-17-24)35-29(39)21-40-26-10-2-1-3-11-26/h1-20,30-31H,21H2,(H,35,39)(H,36,41)/t30-,31-/m0/s1. The van der Waals surface area contributed by atoms with E-state index in [2.05, 4.69) is 31.2 Å². The Balaban J connectivity index is 1.29. The minimum atomic E-state index is -0.243. The van der Waals surface area contributed by atoms with Crippen molar-refractivity contribution in [1.82, 2.24) is 14.9 Å². The molecule has 5 aromatic rings. The van der Waals surface area contributed by atoms with Gasteiger partial charge in [0.05, 0.1) is 11.7 Å². The van der Waals surface area contributed by atoms with Crippen molar-refractivity contribution in [3.63, 3.8) is 0 Å². The Bertz CT molecular complexity index is 1660. The Labute approximate surface area is 248 Å². The number of nitrogens with one attached hydrogen (secondary N) is 2. The number of hydrogen-bond donors (Lipinski definition) is 2. The molecule has 0 aliphatic carbocycles. The summed E-state index contributed by atoms with van der Waals surface area (Å²) in [6, 6.07) is 34.2. The van der Waals surface area contributed by atoms with Crippen LogP contribution >= 0.6 is 23.8 Å². The van der Waals surface area contributed by atoms with Crippen LogP contribution in [0.5, 0.6) is 5.75 Å². The van der Waals surface area contributed by atoms with Crippen LogP contribution in [-0.4, -0.2) is 27.2 Å². The zero-order chi connectivity index (χ0) is 28.2. The van der Waals surface area contributed by atoms with Crippen LogP contribution < -0.4 is 20.3 Å². The second-order valence-electron chi connectivity index (χ2n) is 9.48. The lowest BCUT2D eigenvalue weighted by molar-refractivity contribution is -0.118. The molecule has 1 saturated heterocycles. The number of ether oxygens (including phenoxy) is 1. The molecular weight excluding hydrogens is 554 g/mol. The first-order chi connectivity index (χ1) is 20.1. The van der Waals surface area contributed by atoms with Crippen LogP contribution in [0.25, 0.3) is 5.69 Å². The number of thiocarbonyl (C=S) groups is 1. The van der Waals surface area contributed by atoms with Gasteiger partial charge < -0.3 is 24.8 Å². The monoisotopic (exact) mass is 579 g/mol. The van der Waals surface area contributed by atoms with E-state index in [1.54, 1.807) is 6.20 Å². The number of aromatic nitrogens is 2. The number of carbonyl (C=O) groups excluding carboxylic acids is 1. The average molecular weight is 580 g/mol. The molecular formula is C32H26ClN5O2S. The second-order valence-corrected chi connectivity index (χ2v) is 10.3. The highest BCUT2D eigenvalue weighted by molar-refractivity contribution is 7.80. The fourth-order valence-corrected chi connectivity index (χ4v) is 5.53. The smallest absolute Gasteiger partial charge is 0.262 e. The SMILES string of the molecule is O=C(COc1ccccc1)Nc1ccc(N2C(=S)N[C@@H](c3ccccn3)[C@@H]2c2cccn2-c2cccc(Cl)c2)cc1. The van der Waals surface area contributed by atoms with Gasteiger partial charge >= 0.3 is 0 Å². The highest BCUT2D eigenvalue weighted by Gasteiger charge is 2.42. The average Bonchev–Trinajstić information content (AvgIpc) is 3.62. The van der Waals surface area contributed by atoms with Gasteiger partial charge in [0.2, 0.25) is 0 Å². The van der Waals surface area contributed by atoms with E-state index in [9.17, 15) is 4.79 Å². The third kappa shape index (κ3) is 5.79. The first-order valence-electron chi connectivity index (χ1n) is 13.1. The molecule has 2 N–H and O–H groups in total. The summed E-state index contributed by atoms with van der Waals surface area (Å²) in [4.78, 5) is 19.2. The van der Waals surface area contributed by atoms with Gasteiger partial charge in [-0.2, -0.15) is 0 Å². The second kappa shape index (κ2) is 11.8. The Morgan fingerprint density at radius 1 is 0.927 bits per heavy atom. The molecule has 1 aliphatic rings. The number of benzene rings is 3. The summed E-state index contributed by atoms with van der Waals surface area (Å²) < 4.78 is 7.68. The molecule has 3 heterocycles. The number of amides is 1. The summed E-state index contributed by atoms with van der Waals surface area (Å²) >= 11 is 12.2. The molecule has 41 heavy (non-hydrogen) atoms. The van der Waals surface area contributed by atoms with Crippen LogP contribution in [0, 0.1) is 0 Å². The summed E-state index contributed by atoms with van der Waals surface area (Å²) in [5, 5.41) is 7.63. The van der Waals surface area contributed by atoms with Crippen LogP contribution in [0.1, 0.15) is 23.5 Å². The molecule has 9 heteroatoms. The lowest BCUT2D eigenvalue weighted by Gasteiger charge is -2.29. The van der Waals surface area contributed by atoms with Crippen molar-refractivity contribution in [3.8, 4) is 11.4 Å². The maximum atomic E-state index is 12.5. The molecule has 1 amide bonds. The van der Waals surface area contributed by atoms with Gasteiger partial charge in [-0.05, 0) is 91.1 Å². The maximum Gasteiger partial charge on any atom is 0.262 e. The van der Waals surface area contributed by atoms with Gasteiger partial charge in [-0.15, -0.1) is 0 Å². The van der Waals surface area contributed by atoms with Crippen molar-refractivity contribution >= 4 is 46.2 Å². The van der Waals surface area contributed by atoms with E-state index in [0.29, 0.717) is 21.6 Å². The summed E-state index contributed by atoms with van der Waals surface area (Å²) in [6.45, 7) is -0.0831. The van der Waals surface area contributed by atoms with Crippen LogP contribution in [0.3, 0.4) is 0 Å². The molecule has 2 atom stereocenters. The number of carbonyl (C=O) groups is 1. The zero-order valence-corrected chi connectivity index (χ0v) is 23.4. The van der Waals surface area contributed by atoms with Gasteiger partial charge in [-0.3, -0.25) is 9.78 Å². The van der Waals surface area contributed by atoms with E-state index in [0.717, 1.165) is 22.8 Å². The van der Waals surface area contributed by atoms with Crippen LogP contribution in [-0.2, 0) is 4.79 Å². The number of para-hydroxylation sites is 1. The Morgan fingerprint density at radius 2 is 1.73 bits per heavy atom. The first-order valence-corrected chi connectivity index (χ1v) is 13.9. The fraction of sp³-hybridized carbons (Fsp3) is 0.0938. The van der Waals surface area contributed by atoms with E-state index in [-0.39, 0.29) is 24.6 Å². The first kappa shape index (κ1) is 26.6. The summed E-state index contributed by atoms with van der Waals surface area (Å²) in [7, 11) is 0. The topological polar surface area (TPSA) is 71.4 Å². The van der Waals surface area contributed by atoms with Gasteiger partial charge in [0.25, 0.3) is 5.91 Å². The van der Waals surface area contributed by atoms with Gasteiger partial charge in [0, 0.05) is 40.2 Å². The minimum absolute atomic E-state index is 0.0831. The number of halogens is 1. The van der Waals surface area contributed by atoms with Gasteiger partial charge in [-0.1, -0.05) is 41.9 Å². The summed E-state index contributed by atoms with van der Waals surface area (Å²) in [5.41, 5.74) is 4.39. The van der Waals surface area contributed by atoms with Gasteiger partial charge in [0.1, 0.15) is 11.8 Å². The number of pyridine rings is 1. The molecule has 204 valence electrons. The van der Waals surface area contributed by atoms with E-state index >= 15 is 0 Å². The Morgan fingerprint density at radius 3 is 2.49 bits per heavy atom. The summed E-state index contributed by atoms with van der Waals surface area (Å²) in [5.74, 6) is 0.400. The Kier molecular flexibility index (Phi) is 7.67. The van der Waals surface area contributed by atoms with Crippen molar-refractivity contribution < 1.29 is 9.53 Å². The maximum absolute atomic E-state index is 12.5. The molecule has 1 fully saturated rings. The molecule has 6 rings (SSSR count). The van der Waals surface area contributed by atoms with Gasteiger partial charge in [-0.25, -0.2) is 0 Å². The predicted octanol–water partition coefficient (Wildman–Crippen LogP) is 6.72. The molecule has 0 unspecified atom stereocenters. The normalized spacial score (nSPS) is 16.3. The number of nitrogens with zero attached hydrogens (tertiary/aromatic N) is 3. The highest BCUT2D eigenvalue weighted by Crippen LogP contribution is 2.42. The third-order valence-electron chi connectivity index (χ3n) is 6.81. The van der Waals surface area contributed by atoms with Crippen LogP contribution in [0.15, 0.2) is 122 Å². The van der Waals surface area contributed by atoms with Crippen molar-refractivity contribution in [2.75, 3.05) is 16.8 Å². The number of rotatable bonds is 8. The quantitative estimate of drug-likeness (QED) is 0.199. The van der Waals surface area contributed by atoms with E-state index < -0.39 is 0 Å². The molecule has 2 aromatic heterocycles. The molecule has 0 saturated carbocycles.